The van der Waals surface area contributed by atoms with Gasteiger partial charge in [-0.05, 0) is 43.5 Å². The van der Waals surface area contributed by atoms with Gasteiger partial charge in [0, 0.05) is 7.05 Å². The number of nitrogens with zero attached hydrogens (tertiary/aromatic N) is 2. The summed E-state index contributed by atoms with van der Waals surface area (Å²) in [4.78, 5) is 13.7. The number of hydrogen-bond acceptors (Lipinski definition) is 3. The number of anilines is 1. The SMILES string of the molecule is CCC(C#N)C(=O)N(C)c1cc(C)c(C)cc1OC. The molecule has 0 fully saturated rings. The largest absolute Gasteiger partial charge is 0.495 e. The Hall–Kier alpha value is -2.02. The molecule has 1 amide bonds. The Morgan fingerprint density at radius 3 is 2.47 bits per heavy atom. The molecule has 4 heteroatoms. The van der Waals surface area contributed by atoms with Crippen molar-refractivity contribution in [1.82, 2.24) is 0 Å². The quantitative estimate of drug-likeness (QED) is 0.836. The summed E-state index contributed by atoms with van der Waals surface area (Å²) in [6.07, 6.45) is 0.507. The molecule has 0 radical (unpaired) electrons. The Morgan fingerprint density at radius 1 is 1.42 bits per heavy atom. The summed E-state index contributed by atoms with van der Waals surface area (Å²) in [7, 11) is 3.25. The van der Waals surface area contributed by atoms with Crippen LogP contribution < -0.4 is 9.64 Å². The van der Waals surface area contributed by atoms with E-state index in [0.29, 0.717) is 17.9 Å². The number of rotatable bonds is 4. The second-order valence-corrected chi connectivity index (χ2v) is 4.60. The van der Waals surface area contributed by atoms with Crippen LogP contribution in [0.15, 0.2) is 12.1 Å². The van der Waals surface area contributed by atoms with Gasteiger partial charge in [0.05, 0.1) is 18.9 Å². The van der Waals surface area contributed by atoms with Crippen molar-refractivity contribution in [3.05, 3.63) is 23.3 Å². The van der Waals surface area contributed by atoms with Crippen molar-refractivity contribution in [2.24, 2.45) is 5.92 Å². The summed E-state index contributed by atoms with van der Waals surface area (Å²) in [5.74, 6) is -0.172. The Bertz CT molecular complexity index is 518. The summed E-state index contributed by atoms with van der Waals surface area (Å²) in [6.45, 7) is 5.81. The average Bonchev–Trinajstić information content (AvgIpc) is 2.41. The lowest BCUT2D eigenvalue weighted by Gasteiger charge is -2.23. The van der Waals surface area contributed by atoms with Crippen molar-refractivity contribution < 1.29 is 9.53 Å². The minimum absolute atomic E-state index is 0.202. The molecule has 1 aromatic carbocycles. The molecule has 1 rings (SSSR count). The van der Waals surface area contributed by atoms with Crippen LogP contribution in [0, 0.1) is 31.1 Å². The third kappa shape index (κ3) is 3.05. The fraction of sp³-hybridized carbons (Fsp3) is 0.467. The van der Waals surface area contributed by atoms with Crippen LogP contribution in [-0.2, 0) is 4.79 Å². The highest BCUT2D eigenvalue weighted by Crippen LogP contribution is 2.31. The fourth-order valence-electron chi connectivity index (χ4n) is 1.87. The Kier molecular flexibility index (Phi) is 4.94. The van der Waals surface area contributed by atoms with Crippen LogP contribution in [0.5, 0.6) is 5.75 Å². The van der Waals surface area contributed by atoms with Crippen LogP contribution in [0.3, 0.4) is 0 Å². The van der Waals surface area contributed by atoms with E-state index in [1.54, 1.807) is 14.2 Å². The van der Waals surface area contributed by atoms with E-state index >= 15 is 0 Å². The van der Waals surface area contributed by atoms with Gasteiger partial charge in [0.2, 0.25) is 5.91 Å². The molecule has 0 heterocycles. The number of amides is 1. The summed E-state index contributed by atoms with van der Waals surface area (Å²) < 4.78 is 5.32. The van der Waals surface area contributed by atoms with Gasteiger partial charge in [-0.25, -0.2) is 0 Å². The van der Waals surface area contributed by atoms with Crippen LogP contribution in [-0.4, -0.2) is 20.1 Å². The third-order valence-corrected chi connectivity index (χ3v) is 3.35. The minimum Gasteiger partial charge on any atom is -0.495 e. The maximum atomic E-state index is 12.2. The van der Waals surface area contributed by atoms with Gasteiger partial charge in [0.1, 0.15) is 11.7 Å². The minimum atomic E-state index is -0.615. The van der Waals surface area contributed by atoms with Crippen molar-refractivity contribution in [3.63, 3.8) is 0 Å². The highest BCUT2D eigenvalue weighted by atomic mass is 16.5. The van der Waals surface area contributed by atoms with Gasteiger partial charge in [0.15, 0.2) is 0 Å². The van der Waals surface area contributed by atoms with Crippen molar-refractivity contribution in [3.8, 4) is 11.8 Å². The van der Waals surface area contributed by atoms with Crippen LogP contribution in [0.25, 0.3) is 0 Å². The lowest BCUT2D eigenvalue weighted by atomic mass is 10.0. The summed E-state index contributed by atoms with van der Waals surface area (Å²) in [5.41, 5.74) is 2.89. The molecule has 4 nitrogen and oxygen atoms in total. The number of methoxy groups -OCH3 is 1. The number of carbonyl (C=O) groups is 1. The van der Waals surface area contributed by atoms with E-state index in [2.05, 4.69) is 0 Å². The summed E-state index contributed by atoms with van der Waals surface area (Å²) in [5, 5.41) is 8.99. The summed E-state index contributed by atoms with van der Waals surface area (Å²) >= 11 is 0. The van der Waals surface area contributed by atoms with Crippen molar-refractivity contribution in [2.75, 3.05) is 19.1 Å². The second kappa shape index (κ2) is 6.24. The highest BCUT2D eigenvalue weighted by molar-refractivity contribution is 5.97. The lowest BCUT2D eigenvalue weighted by molar-refractivity contribution is -0.120. The van der Waals surface area contributed by atoms with E-state index in [0.717, 1.165) is 11.1 Å². The number of benzene rings is 1. The van der Waals surface area contributed by atoms with E-state index in [-0.39, 0.29) is 5.91 Å². The molecule has 0 bridgehead atoms. The van der Waals surface area contributed by atoms with E-state index in [4.69, 9.17) is 10.00 Å². The number of aryl methyl sites for hydroxylation is 2. The van der Waals surface area contributed by atoms with Gasteiger partial charge in [0.25, 0.3) is 0 Å². The fourth-order valence-corrected chi connectivity index (χ4v) is 1.87. The lowest BCUT2D eigenvalue weighted by Crippen LogP contribution is -2.32. The van der Waals surface area contributed by atoms with Crippen molar-refractivity contribution >= 4 is 11.6 Å². The predicted octanol–water partition coefficient (Wildman–Crippen LogP) is 2.82. The molecule has 102 valence electrons. The molecule has 0 aliphatic carbocycles. The van der Waals surface area contributed by atoms with Crippen molar-refractivity contribution in [2.45, 2.75) is 27.2 Å². The summed E-state index contributed by atoms with van der Waals surface area (Å²) in [6, 6.07) is 5.85. The molecule has 0 saturated carbocycles. The molecule has 0 aliphatic heterocycles. The van der Waals surface area contributed by atoms with Crippen LogP contribution in [0.1, 0.15) is 24.5 Å². The highest BCUT2D eigenvalue weighted by Gasteiger charge is 2.23. The first-order valence-electron chi connectivity index (χ1n) is 6.28. The Labute approximate surface area is 114 Å². The van der Waals surface area contributed by atoms with Gasteiger partial charge < -0.3 is 9.64 Å². The number of ether oxygens (including phenoxy) is 1. The molecule has 0 saturated heterocycles. The molecule has 0 aromatic heterocycles. The zero-order chi connectivity index (χ0) is 14.6. The first-order valence-corrected chi connectivity index (χ1v) is 6.28. The normalized spacial score (nSPS) is 11.6. The Balaban J connectivity index is 3.19. The van der Waals surface area contributed by atoms with Gasteiger partial charge in [-0.3, -0.25) is 4.79 Å². The van der Waals surface area contributed by atoms with E-state index in [9.17, 15) is 4.79 Å². The second-order valence-electron chi connectivity index (χ2n) is 4.60. The Morgan fingerprint density at radius 2 is 2.00 bits per heavy atom. The molecule has 0 aliphatic rings. The first-order chi connectivity index (χ1) is 8.96. The predicted molar refractivity (Wildman–Crippen MR) is 75.3 cm³/mol. The molecular weight excluding hydrogens is 240 g/mol. The van der Waals surface area contributed by atoms with Crippen LogP contribution in [0.4, 0.5) is 5.69 Å². The van der Waals surface area contributed by atoms with Gasteiger partial charge >= 0.3 is 0 Å². The van der Waals surface area contributed by atoms with E-state index in [1.807, 2.05) is 39.0 Å². The number of nitriles is 1. The molecule has 1 unspecified atom stereocenters. The third-order valence-electron chi connectivity index (χ3n) is 3.35. The maximum absolute atomic E-state index is 12.2. The van der Waals surface area contributed by atoms with Gasteiger partial charge in [-0.1, -0.05) is 6.92 Å². The molecule has 1 atom stereocenters. The molecular formula is C15H20N2O2. The monoisotopic (exact) mass is 260 g/mol. The zero-order valence-electron chi connectivity index (χ0n) is 12.2. The number of hydrogen-bond donors (Lipinski definition) is 0. The number of carbonyl (C=O) groups excluding carboxylic acids is 1. The first kappa shape index (κ1) is 15.0. The van der Waals surface area contributed by atoms with Crippen LogP contribution in [0.2, 0.25) is 0 Å². The smallest absolute Gasteiger partial charge is 0.244 e. The molecule has 0 N–H and O–H groups in total. The molecule has 1 aromatic rings. The topological polar surface area (TPSA) is 53.3 Å². The van der Waals surface area contributed by atoms with Gasteiger partial charge in [-0.2, -0.15) is 5.26 Å². The maximum Gasteiger partial charge on any atom is 0.244 e. The van der Waals surface area contributed by atoms with E-state index < -0.39 is 5.92 Å². The van der Waals surface area contributed by atoms with E-state index in [1.165, 1.54) is 4.90 Å². The van der Waals surface area contributed by atoms with Crippen molar-refractivity contribution in [1.29, 1.82) is 5.26 Å². The average molecular weight is 260 g/mol. The molecule has 0 spiro atoms. The molecule has 19 heavy (non-hydrogen) atoms. The van der Waals surface area contributed by atoms with Crippen LogP contribution >= 0.6 is 0 Å². The zero-order valence-corrected chi connectivity index (χ0v) is 12.2. The van der Waals surface area contributed by atoms with Gasteiger partial charge in [-0.15, -0.1) is 0 Å². The standard InChI is InChI=1S/C15H20N2O2/c1-6-12(9-16)15(18)17(4)13-7-10(2)11(3)8-14(13)19-5/h7-8,12H,6H2,1-5H3.